The molecule has 2 aromatic rings. The first-order chi connectivity index (χ1) is 14.2. The topological polar surface area (TPSA) is 175 Å². The molecule has 0 saturated heterocycles. The number of carbonyl (C=O) groups is 4. The van der Waals surface area contributed by atoms with Crippen molar-refractivity contribution < 1.29 is 29.4 Å². The summed E-state index contributed by atoms with van der Waals surface area (Å²) < 4.78 is 0. The number of hydrogen-bond donors (Lipinski definition) is 7. The number of carboxylic acids is 2. The average molecular weight is 436 g/mol. The third-order valence-electron chi connectivity index (χ3n) is 4.53. The summed E-state index contributed by atoms with van der Waals surface area (Å²) in [4.78, 5) is 50.3. The number of aromatic amines is 1. The molecule has 1 aromatic carbocycles. The van der Waals surface area contributed by atoms with Gasteiger partial charge >= 0.3 is 11.9 Å². The number of fused-ring (bicyclic) bond motifs is 1. The summed E-state index contributed by atoms with van der Waals surface area (Å²) in [6.45, 7) is 0. The Bertz CT molecular complexity index is 931. The number of rotatable bonds is 11. The summed E-state index contributed by atoms with van der Waals surface area (Å²) >= 11 is 3.91. The molecule has 10 nitrogen and oxygen atoms in total. The van der Waals surface area contributed by atoms with Crippen LogP contribution in [0.1, 0.15) is 18.4 Å². The van der Waals surface area contributed by atoms with Crippen LogP contribution in [0.2, 0.25) is 0 Å². The third-order valence-corrected chi connectivity index (χ3v) is 4.92. The molecule has 0 unspecified atom stereocenters. The fourth-order valence-corrected chi connectivity index (χ4v) is 3.06. The number of aromatic nitrogens is 1. The van der Waals surface area contributed by atoms with Crippen molar-refractivity contribution in [3.05, 3.63) is 36.0 Å². The summed E-state index contributed by atoms with van der Waals surface area (Å²) in [6.07, 6.45) is 1.06. The van der Waals surface area contributed by atoms with Crippen LogP contribution in [-0.2, 0) is 25.6 Å². The summed E-state index contributed by atoms with van der Waals surface area (Å²) in [5.41, 5.74) is 7.10. The van der Waals surface area contributed by atoms with E-state index < -0.39 is 48.3 Å². The highest BCUT2D eigenvalue weighted by atomic mass is 32.1. The van der Waals surface area contributed by atoms with Crippen molar-refractivity contribution in [3.8, 4) is 0 Å². The van der Waals surface area contributed by atoms with Crippen LogP contribution < -0.4 is 16.4 Å². The van der Waals surface area contributed by atoms with Gasteiger partial charge in [-0.3, -0.25) is 14.4 Å². The van der Waals surface area contributed by atoms with Crippen molar-refractivity contribution >= 4 is 47.3 Å². The molecule has 7 N–H and O–H groups in total. The first-order valence-corrected chi connectivity index (χ1v) is 9.83. The number of aliphatic carboxylic acids is 2. The van der Waals surface area contributed by atoms with Crippen LogP contribution in [0.4, 0.5) is 0 Å². The SMILES string of the molecule is N[C@@H](CS)C(=O)N[C@@H](CCC(=O)O)C(=O)N[C@@H](Cc1c[nH]c2ccccc12)C(=O)O. The lowest BCUT2D eigenvalue weighted by Crippen LogP contribution is -2.55. The second-order valence-electron chi connectivity index (χ2n) is 6.75. The van der Waals surface area contributed by atoms with Crippen molar-refractivity contribution in [1.82, 2.24) is 15.6 Å². The van der Waals surface area contributed by atoms with Gasteiger partial charge in [0.15, 0.2) is 0 Å². The normalized spacial score (nSPS) is 13.9. The van der Waals surface area contributed by atoms with Crippen LogP contribution in [-0.4, -0.2) is 62.8 Å². The van der Waals surface area contributed by atoms with Gasteiger partial charge in [-0.2, -0.15) is 12.6 Å². The van der Waals surface area contributed by atoms with Crippen LogP contribution >= 0.6 is 12.6 Å². The molecule has 0 spiro atoms. The van der Waals surface area contributed by atoms with Crippen molar-refractivity contribution in [3.63, 3.8) is 0 Å². The number of amides is 2. The number of H-pyrrole nitrogens is 1. The van der Waals surface area contributed by atoms with E-state index in [2.05, 4.69) is 28.2 Å². The smallest absolute Gasteiger partial charge is 0.326 e. The Balaban J connectivity index is 2.14. The first-order valence-electron chi connectivity index (χ1n) is 9.19. The molecular formula is C19H24N4O6S. The van der Waals surface area contributed by atoms with E-state index in [9.17, 15) is 24.3 Å². The molecule has 0 bridgehead atoms. The molecule has 0 aliphatic carbocycles. The maximum Gasteiger partial charge on any atom is 0.326 e. The van der Waals surface area contributed by atoms with Gasteiger partial charge in [0.2, 0.25) is 11.8 Å². The Morgan fingerprint density at radius 2 is 1.73 bits per heavy atom. The van der Waals surface area contributed by atoms with Crippen LogP contribution in [0, 0.1) is 0 Å². The molecule has 2 rings (SSSR count). The Kier molecular flexibility index (Phi) is 8.25. The van der Waals surface area contributed by atoms with E-state index in [4.69, 9.17) is 10.8 Å². The Morgan fingerprint density at radius 3 is 2.37 bits per heavy atom. The van der Waals surface area contributed by atoms with Crippen molar-refractivity contribution in [2.75, 3.05) is 5.75 Å². The average Bonchev–Trinajstić information content (AvgIpc) is 3.12. The molecule has 11 heteroatoms. The maximum atomic E-state index is 12.7. The van der Waals surface area contributed by atoms with E-state index in [1.807, 2.05) is 24.3 Å². The van der Waals surface area contributed by atoms with Gasteiger partial charge in [-0.25, -0.2) is 4.79 Å². The number of carboxylic acid groups (broad SMARTS) is 2. The van der Waals surface area contributed by atoms with Crippen molar-refractivity contribution in [2.45, 2.75) is 37.4 Å². The molecule has 2 amide bonds. The molecular weight excluding hydrogens is 412 g/mol. The zero-order valence-electron chi connectivity index (χ0n) is 16.0. The van der Waals surface area contributed by atoms with Gasteiger partial charge in [-0.1, -0.05) is 18.2 Å². The second kappa shape index (κ2) is 10.6. The van der Waals surface area contributed by atoms with E-state index in [1.165, 1.54) is 0 Å². The minimum Gasteiger partial charge on any atom is -0.481 e. The minimum absolute atomic E-state index is 0.000831. The summed E-state index contributed by atoms with van der Waals surface area (Å²) in [5, 5.41) is 24.0. The number of hydrogen-bond acceptors (Lipinski definition) is 6. The summed E-state index contributed by atoms with van der Waals surface area (Å²) in [6, 6.07) is 3.81. The van der Waals surface area contributed by atoms with E-state index in [0.29, 0.717) is 5.56 Å². The molecule has 1 heterocycles. The molecule has 0 aliphatic rings. The van der Waals surface area contributed by atoms with Gasteiger partial charge in [0.25, 0.3) is 0 Å². The molecule has 0 fully saturated rings. The zero-order valence-corrected chi connectivity index (χ0v) is 16.9. The molecule has 0 saturated carbocycles. The number of nitrogens with one attached hydrogen (secondary N) is 3. The van der Waals surface area contributed by atoms with Gasteiger partial charge in [0.1, 0.15) is 12.1 Å². The molecule has 3 atom stereocenters. The van der Waals surface area contributed by atoms with Gasteiger partial charge < -0.3 is 31.6 Å². The molecule has 30 heavy (non-hydrogen) atoms. The van der Waals surface area contributed by atoms with E-state index in [-0.39, 0.29) is 18.6 Å². The van der Waals surface area contributed by atoms with Gasteiger partial charge in [-0.05, 0) is 18.1 Å². The highest BCUT2D eigenvalue weighted by Crippen LogP contribution is 2.19. The van der Waals surface area contributed by atoms with Gasteiger partial charge in [-0.15, -0.1) is 0 Å². The molecule has 1 aromatic heterocycles. The maximum absolute atomic E-state index is 12.7. The molecule has 162 valence electrons. The number of nitrogens with two attached hydrogens (primary N) is 1. The molecule has 0 aliphatic heterocycles. The van der Waals surface area contributed by atoms with Crippen LogP contribution in [0.25, 0.3) is 10.9 Å². The second-order valence-corrected chi connectivity index (χ2v) is 7.11. The highest BCUT2D eigenvalue weighted by molar-refractivity contribution is 7.80. The Hall–Kier alpha value is -3.05. The van der Waals surface area contributed by atoms with E-state index in [1.54, 1.807) is 6.20 Å². The van der Waals surface area contributed by atoms with E-state index >= 15 is 0 Å². The van der Waals surface area contributed by atoms with Gasteiger partial charge in [0, 0.05) is 35.7 Å². The largest absolute Gasteiger partial charge is 0.481 e. The summed E-state index contributed by atoms with van der Waals surface area (Å²) in [7, 11) is 0. The van der Waals surface area contributed by atoms with Gasteiger partial charge in [0.05, 0.1) is 6.04 Å². The monoisotopic (exact) mass is 436 g/mol. The lowest BCUT2D eigenvalue weighted by molar-refractivity contribution is -0.143. The lowest BCUT2D eigenvalue weighted by Gasteiger charge is -2.22. The summed E-state index contributed by atoms with van der Waals surface area (Å²) in [5.74, 6) is -3.88. The van der Waals surface area contributed by atoms with Crippen molar-refractivity contribution in [2.24, 2.45) is 5.73 Å². The lowest BCUT2D eigenvalue weighted by atomic mass is 10.0. The van der Waals surface area contributed by atoms with E-state index in [0.717, 1.165) is 10.9 Å². The number of benzene rings is 1. The Labute approximate surface area is 177 Å². The number of para-hydroxylation sites is 1. The van der Waals surface area contributed by atoms with Crippen LogP contribution in [0.15, 0.2) is 30.5 Å². The predicted octanol–water partition coefficient (Wildman–Crippen LogP) is -0.113. The van der Waals surface area contributed by atoms with Crippen LogP contribution in [0.5, 0.6) is 0 Å². The predicted molar refractivity (Wildman–Crippen MR) is 112 cm³/mol. The van der Waals surface area contributed by atoms with Crippen molar-refractivity contribution in [1.29, 1.82) is 0 Å². The zero-order chi connectivity index (χ0) is 22.3. The first kappa shape index (κ1) is 23.2. The highest BCUT2D eigenvalue weighted by Gasteiger charge is 2.28. The fourth-order valence-electron chi connectivity index (χ4n) is 2.89. The molecule has 0 radical (unpaired) electrons. The van der Waals surface area contributed by atoms with Crippen LogP contribution in [0.3, 0.4) is 0 Å². The number of carbonyl (C=O) groups excluding carboxylic acids is 2. The third kappa shape index (κ3) is 6.22. The quantitative estimate of drug-likeness (QED) is 0.240. The standard InChI is InChI=1S/C19H24N4O6S/c20-12(9-30)17(26)22-14(5-6-16(24)25)18(27)23-15(19(28)29)7-10-8-21-13-4-2-1-3-11(10)13/h1-4,8,12,14-15,21,30H,5-7,9,20H2,(H,22,26)(H,23,27)(H,24,25)(H,28,29)/t12-,14-,15-/m0/s1. The number of thiol groups is 1. The fraction of sp³-hybridized carbons (Fsp3) is 0.368. The Morgan fingerprint density at radius 1 is 1.07 bits per heavy atom. The minimum atomic E-state index is -1.28.